The molecule has 0 spiro atoms. The number of rotatable bonds is 7. The number of hydrogen-bond donors (Lipinski definition) is 0. The van der Waals surface area contributed by atoms with E-state index in [1.165, 1.54) is 43.2 Å². The first kappa shape index (κ1) is 17.8. The van der Waals surface area contributed by atoms with Crippen molar-refractivity contribution in [1.82, 2.24) is 0 Å². The van der Waals surface area contributed by atoms with Crippen molar-refractivity contribution >= 4 is 11.5 Å². The van der Waals surface area contributed by atoms with Crippen molar-refractivity contribution < 1.29 is 4.74 Å². The summed E-state index contributed by atoms with van der Waals surface area (Å²) in [5, 5.41) is 0. The Morgan fingerprint density at radius 2 is 1.70 bits per heavy atom. The summed E-state index contributed by atoms with van der Waals surface area (Å²) in [6, 6.07) is 10.5. The lowest BCUT2D eigenvalue weighted by molar-refractivity contribution is 0.196. The Hall–Kier alpha value is -1.57. The van der Waals surface area contributed by atoms with E-state index in [4.69, 9.17) is 4.74 Å². The van der Waals surface area contributed by atoms with E-state index in [0.29, 0.717) is 0 Å². The molecule has 1 aromatic rings. The third-order valence-electron chi connectivity index (χ3n) is 4.24. The van der Waals surface area contributed by atoms with E-state index in [-0.39, 0.29) is 11.5 Å². The molecule has 0 aromatic heterocycles. The largest absolute Gasteiger partial charge is 0.472 e. The van der Waals surface area contributed by atoms with Crippen molar-refractivity contribution in [1.29, 1.82) is 0 Å². The van der Waals surface area contributed by atoms with Crippen LogP contribution in [0.25, 0.3) is 5.57 Å². The summed E-state index contributed by atoms with van der Waals surface area (Å²) in [5.41, 5.74) is 2.40. The van der Waals surface area contributed by atoms with Crippen LogP contribution in [0.4, 0.5) is 0 Å². The Balaban J connectivity index is 2.10. The monoisotopic (exact) mass is 313 g/mol. The zero-order chi connectivity index (χ0) is 16.7. The standard InChI is InChI=1S/C21H31NO/c1-5-6-7-8-12-15-19-18(17-13-10-9-11-14-17)16-22-20(23-19)21(2,3)4/h9-11,13-14,16,19H,5-8,12,15H2,1-4H3/t19-/m1/s1. The molecule has 1 aliphatic rings. The second kappa shape index (κ2) is 8.33. The van der Waals surface area contributed by atoms with Gasteiger partial charge in [-0.2, -0.15) is 0 Å². The summed E-state index contributed by atoms with van der Waals surface area (Å²) in [5.74, 6) is 0.857. The van der Waals surface area contributed by atoms with Crippen molar-refractivity contribution in [2.24, 2.45) is 10.4 Å². The van der Waals surface area contributed by atoms with Gasteiger partial charge in [0, 0.05) is 17.2 Å². The maximum absolute atomic E-state index is 6.31. The fraction of sp³-hybridized carbons (Fsp3) is 0.571. The molecule has 0 bridgehead atoms. The number of benzene rings is 1. The minimum absolute atomic E-state index is 0.0425. The van der Waals surface area contributed by atoms with Crippen LogP contribution in [0.3, 0.4) is 0 Å². The third-order valence-corrected chi connectivity index (χ3v) is 4.24. The molecule has 0 aliphatic carbocycles. The second-order valence-corrected chi connectivity index (χ2v) is 7.44. The van der Waals surface area contributed by atoms with Crippen molar-refractivity contribution in [3.63, 3.8) is 0 Å². The maximum Gasteiger partial charge on any atom is 0.194 e. The lowest BCUT2D eigenvalue weighted by Gasteiger charge is -2.31. The summed E-state index contributed by atoms with van der Waals surface area (Å²) < 4.78 is 6.31. The van der Waals surface area contributed by atoms with Gasteiger partial charge in [-0.25, -0.2) is 4.99 Å². The molecule has 0 N–H and O–H groups in total. The highest BCUT2D eigenvalue weighted by atomic mass is 16.5. The maximum atomic E-state index is 6.31. The quantitative estimate of drug-likeness (QED) is 0.547. The van der Waals surface area contributed by atoms with Gasteiger partial charge in [-0.3, -0.25) is 0 Å². The highest BCUT2D eigenvalue weighted by molar-refractivity contribution is 5.87. The van der Waals surface area contributed by atoms with Gasteiger partial charge in [0.2, 0.25) is 0 Å². The number of unbranched alkanes of at least 4 members (excludes halogenated alkanes) is 4. The first-order valence-corrected chi connectivity index (χ1v) is 9.03. The fourth-order valence-electron chi connectivity index (χ4n) is 2.85. The normalized spacial score (nSPS) is 18.2. The minimum Gasteiger partial charge on any atom is -0.472 e. The van der Waals surface area contributed by atoms with Crippen LogP contribution in [0.5, 0.6) is 0 Å². The molecule has 1 aromatic carbocycles. The Morgan fingerprint density at radius 3 is 2.35 bits per heavy atom. The first-order chi connectivity index (χ1) is 11.0. The van der Waals surface area contributed by atoms with Crippen LogP contribution in [-0.4, -0.2) is 12.0 Å². The van der Waals surface area contributed by atoms with Gasteiger partial charge in [0.1, 0.15) is 6.10 Å². The van der Waals surface area contributed by atoms with E-state index in [2.05, 4.69) is 63.0 Å². The molecule has 0 radical (unpaired) electrons. The van der Waals surface area contributed by atoms with Gasteiger partial charge in [0.15, 0.2) is 5.90 Å². The SMILES string of the molecule is CCCCCCC[C@H]1OC(C(C)(C)C)=NC=C1c1ccccc1. The van der Waals surface area contributed by atoms with E-state index in [1.807, 2.05) is 6.20 Å². The highest BCUT2D eigenvalue weighted by Crippen LogP contribution is 2.31. The Labute approximate surface area is 141 Å². The van der Waals surface area contributed by atoms with E-state index >= 15 is 0 Å². The van der Waals surface area contributed by atoms with Gasteiger partial charge in [-0.05, 0) is 18.4 Å². The predicted molar refractivity (Wildman–Crippen MR) is 99.6 cm³/mol. The summed E-state index contributed by atoms with van der Waals surface area (Å²) >= 11 is 0. The molecule has 1 atom stereocenters. The van der Waals surface area contributed by atoms with E-state index in [9.17, 15) is 0 Å². The molecule has 0 saturated heterocycles. The van der Waals surface area contributed by atoms with Crippen LogP contribution in [0.1, 0.15) is 71.8 Å². The lowest BCUT2D eigenvalue weighted by atomic mass is 9.92. The van der Waals surface area contributed by atoms with E-state index in [0.717, 1.165) is 12.3 Å². The van der Waals surface area contributed by atoms with Gasteiger partial charge < -0.3 is 4.74 Å². The highest BCUT2D eigenvalue weighted by Gasteiger charge is 2.29. The fourth-order valence-corrected chi connectivity index (χ4v) is 2.85. The van der Waals surface area contributed by atoms with Crippen molar-refractivity contribution in [2.45, 2.75) is 72.3 Å². The summed E-state index contributed by atoms with van der Waals surface area (Å²) in [4.78, 5) is 4.60. The summed E-state index contributed by atoms with van der Waals surface area (Å²) in [6.07, 6.45) is 9.68. The second-order valence-electron chi connectivity index (χ2n) is 7.44. The first-order valence-electron chi connectivity index (χ1n) is 9.03. The molecule has 2 rings (SSSR count). The molecule has 2 heteroatoms. The van der Waals surface area contributed by atoms with E-state index in [1.54, 1.807) is 0 Å². The molecule has 23 heavy (non-hydrogen) atoms. The summed E-state index contributed by atoms with van der Waals surface area (Å²) in [6.45, 7) is 8.73. The van der Waals surface area contributed by atoms with Crippen molar-refractivity contribution in [3.8, 4) is 0 Å². The zero-order valence-electron chi connectivity index (χ0n) is 15.1. The van der Waals surface area contributed by atoms with Gasteiger partial charge in [0.05, 0.1) is 0 Å². The molecule has 0 unspecified atom stereocenters. The molecule has 1 aliphatic heterocycles. The molecule has 126 valence electrons. The summed E-state index contributed by atoms with van der Waals surface area (Å²) in [7, 11) is 0. The molecule has 2 nitrogen and oxygen atoms in total. The Bertz CT molecular complexity index is 537. The van der Waals surface area contributed by atoms with Gasteiger partial charge in [-0.15, -0.1) is 0 Å². The van der Waals surface area contributed by atoms with Crippen LogP contribution in [0.2, 0.25) is 0 Å². The molecule has 1 heterocycles. The minimum atomic E-state index is -0.0425. The topological polar surface area (TPSA) is 21.6 Å². The zero-order valence-corrected chi connectivity index (χ0v) is 15.1. The number of nitrogens with zero attached hydrogens (tertiary/aromatic N) is 1. The molecular formula is C21H31NO. The molecule has 0 fully saturated rings. The van der Waals surface area contributed by atoms with Crippen LogP contribution >= 0.6 is 0 Å². The lowest BCUT2D eigenvalue weighted by Crippen LogP contribution is -2.31. The van der Waals surface area contributed by atoms with Crippen LogP contribution in [0.15, 0.2) is 41.5 Å². The number of ether oxygens (including phenoxy) is 1. The van der Waals surface area contributed by atoms with Crippen LogP contribution in [-0.2, 0) is 4.74 Å². The third kappa shape index (κ3) is 5.23. The van der Waals surface area contributed by atoms with Gasteiger partial charge >= 0.3 is 0 Å². The van der Waals surface area contributed by atoms with Crippen molar-refractivity contribution in [3.05, 3.63) is 42.1 Å². The van der Waals surface area contributed by atoms with Crippen molar-refractivity contribution in [2.75, 3.05) is 0 Å². The average molecular weight is 313 g/mol. The molecule has 0 amide bonds. The Kier molecular flexibility index (Phi) is 6.44. The van der Waals surface area contributed by atoms with E-state index < -0.39 is 0 Å². The molecular weight excluding hydrogens is 282 g/mol. The van der Waals surface area contributed by atoms with Gasteiger partial charge in [0.25, 0.3) is 0 Å². The predicted octanol–water partition coefficient (Wildman–Crippen LogP) is 6.23. The van der Waals surface area contributed by atoms with Crippen LogP contribution < -0.4 is 0 Å². The molecule has 0 saturated carbocycles. The number of hydrogen-bond acceptors (Lipinski definition) is 2. The van der Waals surface area contributed by atoms with Gasteiger partial charge in [-0.1, -0.05) is 83.7 Å². The average Bonchev–Trinajstić information content (AvgIpc) is 2.54. The Morgan fingerprint density at radius 1 is 1.00 bits per heavy atom. The number of aliphatic imine (C=N–C) groups is 1. The van der Waals surface area contributed by atoms with Crippen LogP contribution in [0, 0.1) is 5.41 Å². The smallest absolute Gasteiger partial charge is 0.194 e.